The van der Waals surface area contributed by atoms with Gasteiger partial charge in [-0.1, -0.05) is 23.9 Å². The summed E-state index contributed by atoms with van der Waals surface area (Å²) in [5, 5.41) is 9.94. The summed E-state index contributed by atoms with van der Waals surface area (Å²) in [5.41, 5.74) is 2.08. The number of nitrogens with zero attached hydrogens (tertiary/aromatic N) is 2. The van der Waals surface area contributed by atoms with E-state index < -0.39 is 0 Å². The molecule has 0 aliphatic carbocycles. The summed E-state index contributed by atoms with van der Waals surface area (Å²) in [6.07, 6.45) is 3.27. The summed E-state index contributed by atoms with van der Waals surface area (Å²) in [7, 11) is 0. The maximum atomic E-state index is 9.02. The third-order valence-corrected chi connectivity index (χ3v) is 3.32. The van der Waals surface area contributed by atoms with E-state index in [1.54, 1.807) is 24.3 Å². The van der Waals surface area contributed by atoms with Crippen LogP contribution in [0.3, 0.4) is 0 Å². The highest BCUT2D eigenvalue weighted by molar-refractivity contribution is 7.99. The minimum Gasteiger partial charge on any atom is -0.392 e. The van der Waals surface area contributed by atoms with Gasteiger partial charge < -0.3 is 5.11 Å². The summed E-state index contributed by atoms with van der Waals surface area (Å²) in [5.74, 6) is 0. The van der Waals surface area contributed by atoms with Gasteiger partial charge in [-0.2, -0.15) is 0 Å². The molecule has 2 aromatic rings. The average molecular weight is 232 g/mol. The fourth-order valence-electron chi connectivity index (χ4n) is 1.38. The molecule has 2 rings (SSSR count). The van der Waals surface area contributed by atoms with E-state index in [1.165, 1.54) is 0 Å². The fraction of sp³-hybridized carbons (Fsp3) is 0.167. The quantitative estimate of drug-likeness (QED) is 0.826. The molecule has 0 amide bonds. The van der Waals surface area contributed by atoms with Crippen LogP contribution in [0.4, 0.5) is 0 Å². The Balaban J connectivity index is 2.22. The van der Waals surface area contributed by atoms with Gasteiger partial charge in [-0.25, -0.2) is 9.97 Å². The Morgan fingerprint density at radius 2 is 2.19 bits per heavy atom. The van der Waals surface area contributed by atoms with E-state index in [9.17, 15) is 0 Å². The van der Waals surface area contributed by atoms with E-state index in [-0.39, 0.29) is 6.61 Å². The largest absolute Gasteiger partial charge is 0.392 e. The number of hydrogen-bond acceptors (Lipinski definition) is 4. The van der Waals surface area contributed by atoms with Gasteiger partial charge in [0.15, 0.2) is 0 Å². The van der Waals surface area contributed by atoms with E-state index in [0.29, 0.717) is 0 Å². The van der Waals surface area contributed by atoms with Crippen LogP contribution in [0.2, 0.25) is 0 Å². The topological polar surface area (TPSA) is 46.0 Å². The Kier molecular flexibility index (Phi) is 3.54. The zero-order chi connectivity index (χ0) is 11.4. The lowest BCUT2D eigenvalue weighted by Gasteiger charge is -2.06. The van der Waals surface area contributed by atoms with Crippen LogP contribution in [0.25, 0.3) is 0 Å². The van der Waals surface area contributed by atoms with Crippen molar-refractivity contribution in [2.24, 2.45) is 0 Å². The molecule has 0 aliphatic rings. The molecule has 1 heterocycles. The number of aliphatic hydroxyl groups is 1. The zero-order valence-electron chi connectivity index (χ0n) is 8.92. The van der Waals surface area contributed by atoms with Gasteiger partial charge in [0.25, 0.3) is 0 Å². The minimum atomic E-state index is 0.0826. The normalized spacial score (nSPS) is 10.4. The Morgan fingerprint density at radius 1 is 1.31 bits per heavy atom. The van der Waals surface area contributed by atoms with Crippen molar-refractivity contribution in [2.75, 3.05) is 0 Å². The van der Waals surface area contributed by atoms with Crippen molar-refractivity contribution in [3.05, 3.63) is 47.9 Å². The van der Waals surface area contributed by atoms with Crippen molar-refractivity contribution in [3.8, 4) is 0 Å². The first-order valence-electron chi connectivity index (χ1n) is 4.94. The summed E-state index contributed by atoms with van der Waals surface area (Å²) in [6.45, 7) is 2.11. The van der Waals surface area contributed by atoms with Gasteiger partial charge in [-0.15, -0.1) is 0 Å². The average Bonchev–Trinajstić information content (AvgIpc) is 2.33. The molecule has 0 saturated carbocycles. The van der Waals surface area contributed by atoms with Crippen LogP contribution in [0.5, 0.6) is 0 Å². The van der Waals surface area contributed by atoms with Crippen molar-refractivity contribution in [2.45, 2.75) is 23.5 Å². The number of aromatic nitrogens is 2. The first-order chi connectivity index (χ1) is 7.79. The SMILES string of the molecule is Cc1cc(CO)ccc1Sc1ccncn1. The second-order valence-corrected chi connectivity index (χ2v) is 4.47. The predicted octanol–water partition coefficient (Wildman–Crippen LogP) is 2.43. The molecule has 16 heavy (non-hydrogen) atoms. The molecule has 4 heteroatoms. The van der Waals surface area contributed by atoms with E-state index in [4.69, 9.17) is 5.11 Å². The fourth-order valence-corrected chi connectivity index (χ4v) is 2.19. The predicted molar refractivity (Wildman–Crippen MR) is 63.3 cm³/mol. The van der Waals surface area contributed by atoms with Crippen LogP contribution in [-0.2, 0) is 6.61 Å². The highest BCUT2D eigenvalue weighted by atomic mass is 32.2. The second kappa shape index (κ2) is 5.09. The maximum Gasteiger partial charge on any atom is 0.116 e. The Bertz CT molecular complexity index is 474. The van der Waals surface area contributed by atoms with Crippen LogP contribution >= 0.6 is 11.8 Å². The Labute approximate surface area is 98.6 Å². The van der Waals surface area contributed by atoms with E-state index in [1.807, 2.05) is 31.2 Å². The van der Waals surface area contributed by atoms with Crippen molar-refractivity contribution in [1.82, 2.24) is 9.97 Å². The Hall–Kier alpha value is -1.39. The van der Waals surface area contributed by atoms with Gasteiger partial charge in [-0.05, 0) is 30.2 Å². The van der Waals surface area contributed by atoms with Gasteiger partial charge in [0.1, 0.15) is 11.4 Å². The highest BCUT2D eigenvalue weighted by Gasteiger charge is 2.02. The molecule has 0 atom stereocenters. The smallest absolute Gasteiger partial charge is 0.116 e. The molecule has 0 saturated heterocycles. The van der Waals surface area contributed by atoms with E-state index >= 15 is 0 Å². The van der Waals surface area contributed by atoms with Crippen LogP contribution in [-0.4, -0.2) is 15.1 Å². The highest BCUT2D eigenvalue weighted by Crippen LogP contribution is 2.28. The van der Waals surface area contributed by atoms with Gasteiger partial charge in [-0.3, -0.25) is 0 Å². The molecule has 1 N–H and O–H groups in total. The van der Waals surface area contributed by atoms with Gasteiger partial charge in [0.05, 0.1) is 6.61 Å². The van der Waals surface area contributed by atoms with Gasteiger partial charge in [0, 0.05) is 11.1 Å². The van der Waals surface area contributed by atoms with Gasteiger partial charge >= 0.3 is 0 Å². The molecule has 0 spiro atoms. The third kappa shape index (κ3) is 2.59. The lowest BCUT2D eigenvalue weighted by Crippen LogP contribution is -1.87. The number of benzene rings is 1. The molecule has 3 nitrogen and oxygen atoms in total. The number of aliphatic hydroxyl groups excluding tert-OH is 1. The Morgan fingerprint density at radius 3 is 2.81 bits per heavy atom. The number of rotatable bonds is 3. The molecule has 0 fully saturated rings. The van der Waals surface area contributed by atoms with Gasteiger partial charge in [0.2, 0.25) is 0 Å². The summed E-state index contributed by atoms with van der Waals surface area (Å²) < 4.78 is 0. The molecule has 0 radical (unpaired) electrons. The lowest BCUT2D eigenvalue weighted by molar-refractivity contribution is 0.281. The molecule has 0 bridgehead atoms. The van der Waals surface area contributed by atoms with Crippen LogP contribution in [0, 0.1) is 6.92 Å². The molecule has 1 aromatic heterocycles. The summed E-state index contributed by atoms with van der Waals surface area (Å²) in [6, 6.07) is 7.80. The van der Waals surface area contributed by atoms with Crippen molar-refractivity contribution in [3.63, 3.8) is 0 Å². The molecule has 82 valence electrons. The van der Waals surface area contributed by atoms with Crippen LogP contribution in [0.15, 0.2) is 46.7 Å². The zero-order valence-corrected chi connectivity index (χ0v) is 9.74. The number of aryl methyl sites for hydroxylation is 1. The standard InChI is InChI=1S/C12H12N2OS/c1-9-6-10(7-15)2-3-11(9)16-12-4-5-13-8-14-12/h2-6,8,15H,7H2,1H3. The van der Waals surface area contributed by atoms with Crippen molar-refractivity contribution in [1.29, 1.82) is 0 Å². The molecule has 0 aliphatic heterocycles. The molecular formula is C12H12N2OS. The molecule has 0 unspecified atom stereocenters. The molecule has 1 aromatic carbocycles. The minimum absolute atomic E-state index is 0.0826. The molecular weight excluding hydrogens is 220 g/mol. The first-order valence-corrected chi connectivity index (χ1v) is 5.75. The monoisotopic (exact) mass is 232 g/mol. The third-order valence-electron chi connectivity index (χ3n) is 2.19. The van der Waals surface area contributed by atoms with E-state index in [0.717, 1.165) is 21.0 Å². The van der Waals surface area contributed by atoms with Crippen molar-refractivity contribution >= 4 is 11.8 Å². The number of hydrogen-bond donors (Lipinski definition) is 1. The summed E-state index contributed by atoms with van der Waals surface area (Å²) in [4.78, 5) is 9.19. The second-order valence-electron chi connectivity index (χ2n) is 3.41. The van der Waals surface area contributed by atoms with Crippen LogP contribution < -0.4 is 0 Å². The van der Waals surface area contributed by atoms with E-state index in [2.05, 4.69) is 9.97 Å². The maximum absolute atomic E-state index is 9.02. The van der Waals surface area contributed by atoms with Crippen molar-refractivity contribution < 1.29 is 5.11 Å². The lowest BCUT2D eigenvalue weighted by atomic mass is 10.1. The first kappa shape index (κ1) is 11.1. The summed E-state index contributed by atoms with van der Waals surface area (Å²) >= 11 is 1.60. The van der Waals surface area contributed by atoms with Crippen LogP contribution in [0.1, 0.15) is 11.1 Å².